The second-order valence-electron chi connectivity index (χ2n) is 3.02. The molecule has 0 radical (unpaired) electrons. The van der Waals surface area contributed by atoms with E-state index in [9.17, 15) is 26.0 Å². The van der Waals surface area contributed by atoms with Gasteiger partial charge in [0.05, 0.1) is 9.92 Å². The van der Waals surface area contributed by atoms with Crippen molar-refractivity contribution in [3.63, 3.8) is 0 Å². The number of benzene rings is 1. The number of hydrogen-bond donors (Lipinski definition) is 1. The summed E-state index contributed by atoms with van der Waals surface area (Å²) in [7, 11) is -4.35. The number of rotatable bonds is 3. The molecule has 0 saturated carbocycles. The highest BCUT2D eigenvalue weighted by Gasteiger charge is 2.30. The first kappa shape index (κ1) is 14.2. The molecule has 0 amide bonds. The fourth-order valence-electron chi connectivity index (χ4n) is 0.904. The van der Waals surface area contributed by atoms with E-state index in [2.05, 4.69) is 0 Å². The Morgan fingerprint density at radius 3 is 2.35 bits per heavy atom. The van der Waals surface area contributed by atoms with Crippen LogP contribution >= 0.6 is 11.6 Å². The molecule has 0 aromatic heterocycles. The zero-order chi connectivity index (χ0) is 13.3. The van der Waals surface area contributed by atoms with Gasteiger partial charge in [0, 0.05) is 0 Å². The maximum Gasteiger partial charge on any atom is 0.402 e. The summed E-state index contributed by atoms with van der Waals surface area (Å²) in [5, 5.41) is -0.486. The van der Waals surface area contributed by atoms with E-state index in [-0.39, 0.29) is 0 Å². The molecule has 0 atom stereocenters. The van der Waals surface area contributed by atoms with Gasteiger partial charge in [-0.25, -0.2) is 17.5 Å². The normalized spacial score (nSPS) is 12.8. The van der Waals surface area contributed by atoms with E-state index in [1.54, 1.807) is 0 Å². The molecule has 0 spiro atoms. The minimum absolute atomic E-state index is 0.486. The second-order valence-corrected chi connectivity index (χ2v) is 5.19. The molecule has 0 unspecified atom stereocenters. The van der Waals surface area contributed by atoms with Gasteiger partial charge in [-0.15, -0.1) is 0 Å². The van der Waals surface area contributed by atoms with Crippen LogP contribution in [-0.4, -0.2) is 21.1 Å². The van der Waals surface area contributed by atoms with Gasteiger partial charge in [0.1, 0.15) is 12.4 Å². The molecule has 0 aliphatic heterocycles. The van der Waals surface area contributed by atoms with E-state index < -0.39 is 38.5 Å². The molecule has 3 nitrogen and oxygen atoms in total. The highest BCUT2D eigenvalue weighted by atomic mass is 35.5. The largest absolute Gasteiger partial charge is 0.402 e. The van der Waals surface area contributed by atoms with E-state index >= 15 is 0 Å². The third-order valence-corrected chi connectivity index (χ3v) is 3.35. The van der Waals surface area contributed by atoms with Gasteiger partial charge < -0.3 is 0 Å². The zero-order valence-corrected chi connectivity index (χ0v) is 9.63. The molecule has 0 saturated heterocycles. The summed E-state index contributed by atoms with van der Waals surface area (Å²) in [6.45, 7) is -1.70. The monoisotopic (exact) mass is 291 g/mol. The average molecular weight is 292 g/mol. The highest BCUT2D eigenvalue weighted by Crippen LogP contribution is 2.20. The summed E-state index contributed by atoms with van der Waals surface area (Å²) in [4.78, 5) is -0.534. The van der Waals surface area contributed by atoms with Crippen molar-refractivity contribution in [3.05, 3.63) is 29.0 Å². The third kappa shape index (κ3) is 4.14. The molecule has 9 heteroatoms. The van der Waals surface area contributed by atoms with Gasteiger partial charge in [0.2, 0.25) is 10.0 Å². The Morgan fingerprint density at radius 2 is 1.88 bits per heavy atom. The SMILES string of the molecule is O=S(=O)(NCC(F)(F)F)c1ccc(F)c(Cl)c1. The molecule has 17 heavy (non-hydrogen) atoms. The van der Waals surface area contributed by atoms with E-state index in [1.807, 2.05) is 0 Å². The van der Waals surface area contributed by atoms with Crippen LogP contribution in [0.2, 0.25) is 5.02 Å². The third-order valence-electron chi connectivity index (χ3n) is 1.66. The van der Waals surface area contributed by atoms with Crippen LogP contribution in [0.15, 0.2) is 23.1 Å². The van der Waals surface area contributed by atoms with E-state index in [0.717, 1.165) is 18.2 Å². The second kappa shape index (κ2) is 4.79. The smallest absolute Gasteiger partial charge is 0.207 e. The highest BCUT2D eigenvalue weighted by molar-refractivity contribution is 7.89. The molecule has 1 aromatic carbocycles. The van der Waals surface area contributed by atoms with Gasteiger partial charge in [-0.1, -0.05) is 11.6 Å². The number of hydrogen-bond acceptors (Lipinski definition) is 2. The fraction of sp³-hybridized carbons (Fsp3) is 0.250. The van der Waals surface area contributed by atoms with Gasteiger partial charge in [-0.3, -0.25) is 0 Å². The Hall–Kier alpha value is -0.860. The van der Waals surface area contributed by atoms with Crippen molar-refractivity contribution in [2.45, 2.75) is 11.1 Å². The maximum absolute atomic E-state index is 12.7. The van der Waals surface area contributed by atoms with E-state index in [1.165, 1.54) is 4.72 Å². The lowest BCUT2D eigenvalue weighted by Crippen LogP contribution is -2.33. The topological polar surface area (TPSA) is 46.2 Å². The molecule has 0 heterocycles. The predicted octanol–water partition coefficient (Wildman–Crippen LogP) is 2.32. The number of sulfonamides is 1. The summed E-state index contributed by atoms with van der Waals surface area (Å²) >= 11 is 5.32. The fourth-order valence-corrected chi connectivity index (χ4v) is 2.19. The molecule has 0 fully saturated rings. The first-order chi connectivity index (χ1) is 7.62. The van der Waals surface area contributed by atoms with Gasteiger partial charge >= 0.3 is 6.18 Å². The van der Waals surface area contributed by atoms with Gasteiger partial charge in [-0.2, -0.15) is 13.2 Å². The molecule has 0 aliphatic carbocycles. The molecular formula is C8H6ClF4NO2S. The first-order valence-corrected chi connectivity index (χ1v) is 5.99. The van der Waals surface area contributed by atoms with Crippen LogP contribution in [0.4, 0.5) is 17.6 Å². The van der Waals surface area contributed by atoms with Gasteiger partial charge in [-0.05, 0) is 18.2 Å². The molecule has 0 aliphatic rings. The summed E-state index contributed by atoms with van der Waals surface area (Å²) in [5.74, 6) is -0.860. The molecule has 1 rings (SSSR count). The number of alkyl halides is 3. The molecular weight excluding hydrogens is 286 g/mol. The summed E-state index contributed by atoms with van der Waals surface area (Å²) in [6, 6.07) is 2.31. The molecule has 1 N–H and O–H groups in total. The lowest BCUT2D eigenvalue weighted by atomic mass is 10.3. The van der Waals surface area contributed by atoms with Crippen molar-refractivity contribution in [2.75, 3.05) is 6.54 Å². The van der Waals surface area contributed by atoms with E-state index in [0.29, 0.717) is 0 Å². The van der Waals surface area contributed by atoms with E-state index in [4.69, 9.17) is 11.6 Å². The van der Waals surface area contributed by atoms with Crippen molar-refractivity contribution in [1.82, 2.24) is 4.72 Å². The zero-order valence-electron chi connectivity index (χ0n) is 8.05. The Bertz CT molecular complexity index is 515. The minimum Gasteiger partial charge on any atom is -0.207 e. The van der Waals surface area contributed by atoms with Crippen molar-refractivity contribution < 1.29 is 26.0 Å². The molecule has 1 aromatic rings. The average Bonchev–Trinajstić information content (AvgIpc) is 2.18. The Labute approximate surface area is 99.4 Å². The van der Waals surface area contributed by atoms with Gasteiger partial charge in [0.25, 0.3) is 0 Å². The number of halogens is 5. The summed E-state index contributed by atoms with van der Waals surface area (Å²) in [6.07, 6.45) is -4.67. The van der Waals surface area contributed by atoms with Crippen molar-refractivity contribution >= 4 is 21.6 Å². The van der Waals surface area contributed by atoms with Crippen molar-refractivity contribution in [3.8, 4) is 0 Å². The molecule has 0 bridgehead atoms. The lowest BCUT2D eigenvalue weighted by molar-refractivity contribution is -0.121. The minimum atomic E-state index is -4.67. The Balaban J connectivity index is 2.94. The standard InChI is InChI=1S/C8H6ClF4NO2S/c9-6-3-5(1-2-7(6)10)17(15,16)14-4-8(11,12)13/h1-3,14H,4H2. The van der Waals surface area contributed by atoms with Crippen LogP contribution in [-0.2, 0) is 10.0 Å². The van der Waals surface area contributed by atoms with Crippen LogP contribution < -0.4 is 4.72 Å². The van der Waals surface area contributed by atoms with Crippen molar-refractivity contribution in [1.29, 1.82) is 0 Å². The molecule has 96 valence electrons. The van der Waals surface area contributed by atoms with Crippen LogP contribution in [0.25, 0.3) is 0 Å². The summed E-state index contributed by atoms with van der Waals surface area (Å²) in [5.41, 5.74) is 0. The Kier molecular flexibility index (Phi) is 4.00. The van der Waals surface area contributed by atoms with Crippen LogP contribution in [0.3, 0.4) is 0 Å². The Morgan fingerprint density at radius 1 is 1.29 bits per heavy atom. The van der Waals surface area contributed by atoms with Crippen LogP contribution in [0.1, 0.15) is 0 Å². The van der Waals surface area contributed by atoms with Crippen molar-refractivity contribution in [2.24, 2.45) is 0 Å². The predicted molar refractivity (Wildman–Crippen MR) is 52.7 cm³/mol. The van der Waals surface area contributed by atoms with Crippen LogP contribution in [0, 0.1) is 5.82 Å². The maximum atomic E-state index is 12.7. The van der Waals surface area contributed by atoms with Crippen LogP contribution in [0.5, 0.6) is 0 Å². The first-order valence-electron chi connectivity index (χ1n) is 4.13. The quantitative estimate of drug-likeness (QED) is 0.869. The van der Waals surface area contributed by atoms with Gasteiger partial charge in [0.15, 0.2) is 0 Å². The lowest BCUT2D eigenvalue weighted by Gasteiger charge is -2.09. The summed E-state index contributed by atoms with van der Waals surface area (Å²) < 4.78 is 72.3. The number of nitrogens with one attached hydrogen (secondary N) is 1.